The molecule has 1 aliphatic rings. The van der Waals surface area contributed by atoms with Gasteiger partial charge in [-0.2, -0.15) is 0 Å². The van der Waals surface area contributed by atoms with Crippen LogP contribution in [0.25, 0.3) is 11.0 Å². The standard InChI is InChI=1S/C16H22N2O2/c1-17-9-14-13-5-3-4-6-15(13)20-16(14)10-18(2)12-7-8-19-11-12/h3-6,12,17H,7-11H2,1-2H3. The predicted octanol–water partition coefficient (Wildman–Crippen LogP) is 2.37. The molecule has 108 valence electrons. The lowest BCUT2D eigenvalue weighted by Crippen LogP contribution is -2.31. The van der Waals surface area contributed by atoms with Crippen molar-refractivity contribution in [3.05, 3.63) is 35.6 Å². The van der Waals surface area contributed by atoms with Gasteiger partial charge in [0.1, 0.15) is 11.3 Å². The molecule has 0 radical (unpaired) electrons. The highest BCUT2D eigenvalue weighted by atomic mass is 16.5. The molecule has 0 spiro atoms. The third kappa shape index (κ3) is 2.59. The van der Waals surface area contributed by atoms with E-state index in [1.165, 1.54) is 10.9 Å². The van der Waals surface area contributed by atoms with Gasteiger partial charge in [-0.25, -0.2) is 0 Å². The number of furan rings is 1. The smallest absolute Gasteiger partial charge is 0.134 e. The SMILES string of the molecule is CNCc1c(CN(C)C2CCOC2)oc2ccccc12. The van der Waals surface area contributed by atoms with E-state index in [-0.39, 0.29) is 0 Å². The first kappa shape index (κ1) is 13.6. The number of ether oxygens (including phenoxy) is 1. The van der Waals surface area contributed by atoms with Crippen molar-refractivity contribution in [2.24, 2.45) is 0 Å². The lowest BCUT2D eigenvalue weighted by molar-refractivity contribution is 0.152. The highest BCUT2D eigenvalue weighted by Gasteiger charge is 2.23. The van der Waals surface area contributed by atoms with Crippen LogP contribution in [-0.2, 0) is 17.8 Å². The maximum absolute atomic E-state index is 6.06. The van der Waals surface area contributed by atoms with Crippen LogP contribution in [0.4, 0.5) is 0 Å². The Bertz CT molecular complexity index is 573. The first-order chi connectivity index (χ1) is 9.79. The Balaban J connectivity index is 1.87. The van der Waals surface area contributed by atoms with Gasteiger partial charge in [-0.05, 0) is 26.6 Å². The highest BCUT2D eigenvalue weighted by Crippen LogP contribution is 2.27. The largest absolute Gasteiger partial charge is 0.459 e. The van der Waals surface area contributed by atoms with Crippen LogP contribution in [0.15, 0.2) is 28.7 Å². The Labute approximate surface area is 119 Å². The fourth-order valence-electron chi connectivity index (χ4n) is 2.87. The van der Waals surface area contributed by atoms with Gasteiger partial charge in [0.05, 0.1) is 13.2 Å². The molecule has 2 aromatic rings. The van der Waals surface area contributed by atoms with Crippen molar-refractivity contribution in [1.82, 2.24) is 10.2 Å². The minimum absolute atomic E-state index is 0.505. The molecule has 1 aromatic heterocycles. The molecular weight excluding hydrogens is 252 g/mol. The van der Waals surface area contributed by atoms with Gasteiger partial charge in [-0.3, -0.25) is 4.90 Å². The van der Waals surface area contributed by atoms with Crippen LogP contribution in [-0.4, -0.2) is 38.3 Å². The fraction of sp³-hybridized carbons (Fsp3) is 0.500. The maximum Gasteiger partial charge on any atom is 0.134 e. The average molecular weight is 274 g/mol. The molecule has 0 amide bonds. The van der Waals surface area contributed by atoms with Crippen molar-refractivity contribution in [1.29, 1.82) is 0 Å². The van der Waals surface area contributed by atoms with Crippen LogP contribution in [0.3, 0.4) is 0 Å². The monoisotopic (exact) mass is 274 g/mol. The fourth-order valence-corrected chi connectivity index (χ4v) is 2.87. The quantitative estimate of drug-likeness (QED) is 0.908. The second-order valence-electron chi connectivity index (χ2n) is 5.46. The van der Waals surface area contributed by atoms with Crippen LogP contribution in [0, 0.1) is 0 Å². The Morgan fingerprint density at radius 2 is 2.20 bits per heavy atom. The van der Waals surface area contributed by atoms with Crippen molar-refractivity contribution in [2.45, 2.75) is 25.6 Å². The number of nitrogens with zero attached hydrogens (tertiary/aromatic N) is 1. The van der Waals surface area contributed by atoms with E-state index in [1.807, 2.05) is 19.2 Å². The summed E-state index contributed by atoms with van der Waals surface area (Å²) in [6.45, 7) is 3.37. The summed E-state index contributed by atoms with van der Waals surface area (Å²) in [6, 6.07) is 8.76. The number of rotatable bonds is 5. The maximum atomic E-state index is 6.06. The first-order valence-corrected chi connectivity index (χ1v) is 7.21. The predicted molar refractivity (Wildman–Crippen MR) is 79.7 cm³/mol. The summed E-state index contributed by atoms with van der Waals surface area (Å²) >= 11 is 0. The summed E-state index contributed by atoms with van der Waals surface area (Å²) in [5.41, 5.74) is 2.25. The molecule has 1 N–H and O–H groups in total. The van der Waals surface area contributed by atoms with Crippen LogP contribution in [0.5, 0.6) is 0 Å². The van der Waals surface area contributed by atoms with Crippen molar-refractivity contribution in [3.8, 4) is 0 Å². The molecule has 0 bridgehead atoms. The van der Waals surface area contributed by atoms with E-state index in [2.05, 4.69) is 29.4 Å². The Morgan fingerprint density at radius 1 is 1.35 bits per heavy atom. The van der Waals surface area contributed by atoms with Crippen LogP contribution >= 0.6 is 0 Å². The molecule has 1 unspecified atom stereocenters. The molecule has 0 aliphatic carbocycles. The van der Waals surface area contributed by atoms with Gasteiger partial charge in [0, 0.05) is 30.1 Å². The lowest BCUT2D eigenvalue weighted by Gasteiger charge is -2.22. The highest BCUT2D eigenvalue weighted by molar-refractivity contribution is 5.82. The van der Waals surface area contributed by atoms with E-state index in [1.54, 1.807) is 0 Å². The van der Waals surface area contributed by atoms with Crippen LogP contribution in [0.1, 0.15) is 17.7 Å². The zero-order chi connectivity index (χ0) is 13.9. The molecular formula is C16H22N2O2. The second-order valence-corrected chi connectivity index (χ2v) is 5.46. The topological polar surface area (TPSA) is 37.6 Å². The summed E-state index contributed by atoms with van der Waals surface area (Å²) in [4.78, 5) is 2.34. The molecule has 1 aliphatic heterocycles. The number of hydrogen-bond donors (Lipinski definition) is 1. The zero-order valence-electron chi connectivity index (χ0n) is 12.2. The number of likely N-dealkylation sites (N-methyl/N-ethyl adjacent to an activating group) is 1. The van der Waals surface area contributed by atoms with Gasteiger partial charge in [0.25, 0.3) is 0 Å². The van der Waals surface area contributed by atoms with E-state index in [0.29, 0.717) is 6.04 Å². The molecule has 1 saturated heterocycles. The number of nitrogens with one attached hydrogen (secondary N) is 1. The van der Waals surface area contributed by atoms with Gasteiger partial charge in [0.15, 0.2) is 0 Å². The van der Waals surface area contributed by atoms with E-state index in [0.717, 1.165) is 44.1 Å². The number of hydrogen-bond acceptors (Lipinski definition) is 4. The third-order valence-corrected chi connectivity index (χ3v) is 4.06. The summed E-state index contributed by atoms with van der Waals surface area (Å²) in [5.74, 6) is 1.06. The Morgan fingerprint density at radius 3 is 2.95 bits per heavy atom. The molecule has 2 heterocycles. The average Bonchev–Trinajstić information content (AvgIpc) is 3.08. The second kappa shape index (κ2) is 5.95. The van der Waals surface area contributed by atoms with Crippen molar-refractivity contribution in [2.75, 3.05) is 27.3 Å². The summed E-state index contributed by atoms with van der Waals surface area (Å²) in [7, 11) is 4.12. The molecule has 3 rings (SSSR count). The third-order valence-electron chi connectivity index (χ3n) is 4.06. The van der Waals surface area contributed by atoms with Gasteiger partial charge in [-0.1, -0.05) is 18.2 Å². The van der Waals surface area contributed by atoms with Gasteiger partial charge < -0.3 is 14.5 Å². The molecule has 1 aromatic carbocycles. The van der Waals surface area contributed by atoms with Crippen LogP contribution < -0.4 is 5.32 Å². The Kier molecular flexibility index (Phi) is 4.05. The molecule has 1 atom stereocenters. The number of para-hydroxylation sites is 1. The van der Waals surface area contributed by atoms with Crippen LogP contribution in [0.2, 0.25) is 0 Å². The Hall–Kier alpha value is -1.36. The van der Waals surface area contributed by atoms with Crippen molar-refractivity contribution >= 4 is 11.0 Å². The molecule has 4 heteroatoms. The van der Waals surface area contributed by atoms with Crippen molar-refractivity contribution in [3.63, 3.8) is 0 Å². The van der Waals surface area contributed by atoms with Crippen molar-refractivity contribution < 1.29 is 9.15 Å². The summed E-state index contributed by atoms with van der Waals surface area (Å²) in [5, 5.41) is 4.46. The van der Waals surface area contributed by atoms with Gasteiger partial charge in [-0.15, -0.1) is 0 Å². The van der Waals surface area contributed by atoms with E-state index in [4.69, 9.17) is 9.15 Å². The van der Waals surface area contributed by atoms with E-state index in [9.17, 15) is 0 Å². The summed E-state index contributed by atoms with van der Waals surface area (Å²) in [6.07, 6.45) is 1.11. The summed E-state index contributed by atoms with van der Waals surface area (Å²) < 4.78 is 11.5. The number of fused-ring (bicyclic) bond motifs is 1. The minimum atomic E-state index is 0.505. The van der Waals surface area contributed by atoms with Gasteiger partial charge >= 0.3 is 0 Å². The number of benzene rings is 1. The normalized spacial score (nSPS) is 19.2. The van der Waals surface area contributed by atoms with E-state index < -0.39 is 0 Å². The van der Waals surface area contributed by atoms with Gasteiger partial charge in [0.2, 0.25) is 0 Å². The zero-order valence-corrected chi connectivity index (χ0v) is 12.2. The van der Waals surface area contributed by atoms with E-state index >= 15 is 0 Å². The lowest BCUT2D eigenvalue weighted by atomic mass is 10.1. The minimum Gasteiger partial charge on any atom is -0.459 e. The molecule has 20 heavy (non-hydrogen) atoms. The molecule has 1 fully saturated rings. The first-order valence-electron chi connectivity index (χ1n) is 7.21. The molecule has 0 saturated carbocycles. The molecule has 4 nitrogen and oxygen atoms in total.